The number of carboxylic acid groups (broad SMARTS) is 3. The summed E-state index contributed by atoms with van der Waals surface area (Å²) in [6.45, 7) is 0. The van der Waals surface area contributed by atoms with Crippen LogP contribution in [0.4, 0.5) is 14.4 Å². The third-order valence-corrected chi connectivity index (χ3v) is 0. The molecule has 3 atom stereocenters. The summed E-state index contributed by atoms with van der Waals surface area (Å²) >= 11 is 0. The molecule has 0 aliphatic rings. The zero-order valence-electron chi connectivity index (χ0n) is 6.11. The normalized spacial score (nSPS) is 5.77. The van der Waals surface area contributed by atoms with E-state index in [4.69, 9.17) is 29.7 Å². The van der Waals surface area contributed by atoms with Crippen LogP contribution in [-0.4, -0.2) is 32.5 Å². The van der Waals surface area contributed by atoms with Gasteiger partial charge in [-0.1, -0.05) is 0 Å². The minimum Gasteiger partial charge on any atom is -0.479 e. The van der Waals surface area contributed by atoms with Crippen LogP contribution in [0, 0.1) is 0 Å². The van der Waals surface area contributed by atoms with Gasteiger partial charge in [0.05, 0.1) is 0 Å². The first-order valence-corrected chi connectivity index (χ1v) is 3.88. The van der Waals surface area contributed by atoms with Crippen molar-refractivity contribution in [3.8, 4) is 0 Å². The van der Waals surface area contributed by atoms with Crippen molar-refractivity contribution < 1.29 is 46.2 Å². The molecule has 3 unspecified atom stereocenters. The van der Waals surface area contributed by atoms with Crippen LogP contribution in [0.15, 0.2) is 0 Å². The Bertz CT molecular complexity index is 121. The molecule has 0 aromatic carbocycles. The Morgan fingerprint density at radius 3 is 0.692 bits per heavy atom. The average molecular weight is 293 g/mol. The molecular formula is C3H9NiO6P3. The molecule has 82 valence electrons. The summed E-state index contributed by atoms with van der Waals surface area (Å²) in [5, 5.41) is 22.1. The van der Waals surface area contributed by atoms with Gasteiger partial charge >= 0.3 is 17.1 Å². The zero-order valence-corrected chi connectivity index (χ0v) is 10.6. The molecule has 0 fully saturated rings. The summed E-state index contributed by atoms with van der Waals surface area (Å²) < 4.78 is 0. The fraction of sp³-hybridized carbons (Fsp3) is 0. The van der Waals surface area contributed by atoms with Gasteiger partial charge in [0.2, 0.25) is 0 Å². The van der Waals surface area contributed by atoms with Crippen molar-refractivity contribution in [1.29, 1.82) is 0 Å². The monoisotopic (exact) mass is 292 g/mol. The molecule has 0 saturated carbocycles. The molecule has 0 amide bonds. The van der Waals surface area contributed by atoms with Crippen molar-refractivity contribution in [2.45, 2.75) is 0 Å². The Hall–Kier alpha value is 0.194. The largest absolute Gasteiger partial charge is 0.479 e. The smallest absolute Gasteiger partial charge is 0.317 e. The molecule has 0 aromatic heterocycles. The maximum atomic E-state index is 8.96. The van der Waals surface area contributed by atoms with E-state index in [0.29, 0.717) is 0 Å². The van der Waals surface area contributed by atoms with Crippen LogP contribution in [0.1, 0.15) is 0 Å². The Balaban J connectivity index is -0.0000000450. The second-order valence-corrected chi connectivity index (χ2v) is 2.50. The first-order valence-electron chi connectivity index (χ1n) is 2.15. The van der Waals surface area contributed by atoms with Crippen LogP contribution in [0.3, 0.4) is 0 Å². The fourth-order valence-electron chi connectivity index (χ4n) is 0. The molecule has 10 heteroatoms. The van der Waals surface area contributed by atoms with E-state index in [1.807, 2.05) is 0 Å². The molecule has 0 radical (unpaired) electrons. The molecule has 0 aromatic rings. The molecule has 0 bridgehead atoms. The van der Waals surface area contributed by atoms with E-state index in [1.165, 1.54) is 0 Å². The number of hydrogen-bond acceptors (Lipinski definition) is 3. The topological polar surface area (TPSA) is 112 Å². The van der Waals surface area contributed by atoms with Gasteiger partial charge in [-0.05, 0) is 27.7 Å². The van der Waals surface area contributed by atoms with Gasteiger partial charge in [-0.3, -0.25) is 0 Å². The van der Waals surface area contributed by atoms with Crippen LogP contribution < -0.4 is 0 Å². The second kappa shape index (κ2) is 18.1. The number of carbonyl (C=O) groups is 3. The summed E-state index contributed by atoms with van der Waals surface area (Å²) in [4.78, 5) is 26.9. The van der Waals surface area contributed by atoms with E-state index < -0.39 is 17.1 Å². The summed E-state index contributed by atoms with van der Waals surface area (Å²) in [6.07, 6.45) is 0. The van der Waals surface area contributed by atoms with Crippen molar-refractivity contribution in [2.75, 3.05) is 0 Å². The van der Waals surface area contributed by atoms with Gasteiger partial charge in [0, 0.05) is 16.5 Å². The van der Waals surface area contributed by atoms with Crippen molar-refractivity contribution in [1.82, 2.24) is 0 Å². The van der Waals surface area contributed by atoms with Crippen molar-refractivity contribution in [2.24, 2.45) is 0 Å². The third-order valence-electron chi connectivity index (χ3n) is 0. The minimum atomic E-state index is -0.917. The van der Waals surface area contributed by atoms with E-state index in [0.717, 1.165) is 0 Å². The second-order valence-electron chi connectivity index (χ2n) is 1.01. The standard InChI is InChI=1S/3CH3O2P.Ni/c3*2-1(3)4;/h3*4H2,(H,2,3);. The number of rotatable bonds is 0. The Kier molecular flexibility index (Phi) is 32.3. The van der Waals surface area contributed by atoms with Gasteiger partial charge in [0.1, 0.15) is 0 Å². The predicted molar refractivity (Wildman–Crippen MR) is 53.2 cm³/mol. The molecule has 0 spiro atoms. The zero-order chi connectivity index (χ0) is 10.7. The minimum absolute atomic E-state index is 0. The van der Waals surface area contributed by atoms with Crippen LogP contribution in [-0.2, 0) is 16.5 Å². The molecule has 6 nitrogen and oxygen atoms in total. The molecular weight excluding hydrogens is 284 g/mol. The molecule has 0 aliphatic heterocycles. The van der Waals surface area contributed by atoms with Crippen LogP contribution in [0.25, 0.3) is 0 Å². The first-order chi connectivity index (χ1) is 5.20. The van der Waals surface area contributed by atoms with Crippen molar-refractivity contribution in [3.63, 3.8) is 0 Å². The quantitative estimate of drug-likeness (QED) is 0.462. The molecule has 0 heterocycles. The van der Waals surface area contributed by atoms with E-state index in [1.54, 1.807) is 27.7 Å². The van der Waals surface area contributed by atoms with Crippen molar-refractivity contribution in [3.05, 3.63) is 0 Å². The van der Waals surface area contributed by atoms with Gasteiger partial charge in [-0.25, -0.2) is 14.4 Å². The molecule has 0 aliphatic carbocycles. The van der Waals surface area contributed by atoms with Gasteiger partial charge in [-0.2, -0.15) is 0 Å². The average Bonchev–Trinajstić information content (AvgIpc) is 1.54. The summed E-state index contributed by atoms with van der Waals surface area (Å²) in [6, 6.07) is 0. The van der Waals surface area contributed by atoms with Crippen LogP contribution in [0.2, 0.25) is 0 Å². The molecule has 0 rings (SSSR count). The van der Waals surface area contributed by atoms with E-state index in [-0.39, 0.29) is 16.5 Å². The molecule has 3 N–H and O–H groups in total. The third kappa shape index (κ3) is 33800. The Morgan fingerprint density at radius 1 is 0.692 bits per heavy atom. The SMILES string of the molecule is O=C(O)P.O=C(O)P.O=C(O)P.[Ni]. The fourth-order valence-corrected chi connectivity index (χ4v) is 0. The number of hydrogen-bond donors (Lipinski definition) is 3. The summed E-state index contributed by atoms with van der Waals surface area (Å²) in [5.74, 6) is 0. The van der Waals surface area contributed by atoms with Crippen LogP contribution >= 0.6 is 27.7 Å². The Labute approximate surface area is 91.4 Å². The van der Waals surface area contributed by atoms with Gasteiger partial charge in [-0.15, -0.1) is 0 Å². The Morgan fingerprint density at radius 2 is 0.692 bits per heavy atom. The van der Waals surface area contributed by atoms with Gasteiger partial charge < -0.3 is 15.3 Å². The van der Waals surface area contributed by atoms with E-state index in [2.05, 4.69) is 0 Å². The predicted octanol–water partition coefficient (Wildman–Crippen LogP) is 1.62. The van der Waals surface area contributed by atoms with Gasteiger partial charge in [0.15, 0.2) is 0 Å². The summed E-state index contributed by atoms with van der Waals surface area (Å²) in [7, 11) is 4.72. The summed E-state index contributed by atoms with van der Waals surface area (Å²) in [5.41, 5.74) is -2.75. The maximum absolute atomic E-state index is 8.96. The van der Waals surface area contributed by atoms with Crippen molar-refractivity contribution >= 4 is 44.9 Å². The van der Waals surface area contributed by atoms with Gasteiger partial charge in [0.25, 0.3) is 0 Å². The maximum Gasteiger partial charge on any atom is 0.317 e. The first kappa shape index (κ1) is 23.2. The van der Waals surface area contributed by atoms with Crippen LogP contribution in [0.5, 0.6) is 0 Å². The van der Waals surface area contributed by atoms with E-state index in [9.17, 15) is 0 Å². The molecule has 13 heavy (non-hydrogen) atoms. The molecule has 0 saturated heterocycles. The van der Waals surface area contributed by atoms with E-state index >= 15 is 0 Å².